The molecule has 5 rings (SSSR count). The van der Waals surface area contributed by atoms with Crippen molar-refractivity contribution in [1.82, 2.24) is 0 Å². The fraction of sp³-hybridized carbons (Fsp3) is 0.324. The van der Waals surface area contributed by atoms with Crippen molar-refractivity contribution in [3.05, 3.63) is 115 Å². The molecule has 1 fully saturated rings. The zero-order valence-corrected chi connectivity index (χ0v) is 41.3. The number of rotatable bonds is 14. The normalized spacial score (nSPS) is 14.6. The second kappa shape index (κ2) is 23.9. The van der Waals surface area contributed by atoms with Gasteiger partial charge in [0.25, 0.3) is 0 Å². The number of halogens is 18. The summed E-state index contributed by atoms with van der Waals surface area (Å²) in [6.07, 6.45) is -23.1. The smallest absolute Gasteiger partial charge is 0.438 e. The Labute approximate surface area is 418 Å². The van der Waals surface area contributed by atoms with Crippen LogP contribution in [0.15, 0.2) is 124 Å². The minimum atomic E-state index is -7.12. The molecule has 0 aliphatic carbocycles. The lowest BCUT2D eigenvalue weighted by Crippen LogP contribution is -2.54. The van der Waals surface area contributed by atoms with Gasteiger partial charge >= 0.3 is 47.9 Å². The molecule has 2 N–H and O–H groups in total. The number of ether oxygens (including phenoxy) is 2. The summed E-state index contributed by atoms with van der Waals surface area (Å²) in [5.74, 6) is 2.77. The van der Waals surface area contributed by atoms with Gasteiger partial charge < -0.3 is 19.3 Å². The lowest BCUT2D eigenvalue weighted by molar-refractivity contribution is -0.439. The maximum Gasteiger partial charge on any atom is 0.438 e. The summed E-state index contributed by atoms with van der Waals surface area (Å²) >= 11 is -0.811. The van der Waals surface area contributed by atoms with Crippen LogP contribution in [0.4, 0.5) is 70.2 Å². The molecule has 0 saturated carbocycles. The van der Waals surface area contributed by atoms with E-state index in [0.29, 0.717) is 5.12 Å². The molecule has 33 heteroatoms. The van der Waals surface area contributed by atoms with E-state index in [0.717, 1.165) is 26.9 Å². The van der Waals surface area contributed by atoms with Crippen molar-refractivity contribution in [2.24, 2.45) is 0 Å². The molecule has 4 aromatic carbocycles. The summed E-state index contributed by atoms with van der Waals surface area (Å²) in [5, 5.41) is 6.05. The van der Waals surface area contributed by atoms with E-state index < -0.39 is 108 Å². The van der Waals surface area contributed by atoms with Crippen molar-refractivity contribution >= 4 is 92.3 Å². The Morgan fingerprint density at radius 1 is 0.500 bits per heavy atom. The molecule has 11 nitrogen and oxygen atoms in total. The molecule has 0 amide bonds. The van der Waals surface area contributed by atoms with E-state index in [1.807, 2.05) is 82.3 Å². The number of carbonyl (C=O) groups excluding carboxylic acids is 1. The number of hydrogen-bond donors (Lipinski definition) is 2. The zero-order valence-electron chi connectivity index (χ0n) is 33.7. The van der Waals surface area contributed by atoms with Gasteiger partial charge in [-0.2, -0.15) is 70.2 Å². The van der Waals surface area contributed by atoms with Crippen LogP contribution in [-0.4, -0.2) is 95.6 Å². The van der Waals surface area contributed by atoms with Gasteiger partial charge in [0.2, 0.25) is 0 Å². The second-order valence-corrected chi connectivity index (χ2v) is 22.8. The molecule has 1 saturated heterocycles. The Morgan fingerprint density at radius 3 is 1.07 bits per heavy atom. The van der Waals surface area contributed by atoms with Gasteiger partial charge in [-0.3, -0.25) is 0 Å². The SMILES string of the molecule is O=C(c1ccccc1)[S+]1CCCC1.O=S(=O)([O-])C(F)(F)C(F)(F)OC(F)(F)C(F)(F)I.O=S(=O)([O-])C(F)(F)C(F)(F)OC(F)(F)C(F)(F)I.Oc1ccc([S+](c2ccccc2)c2ccc(O)cc2)cc1. The Balaban J connectivity index is 0.000000324. The average molecular weight is 1330 g/mol. The molecule has 1 heterocycles. The van der Waals surface area contributed by atoms with Crippen LogP contribution in [0.5, 0.6) is 11.5 Å². The summed E-state index contributed by atoms with van der Waals surface area (Å²) in [7, 11) is -14.4. The molecule has 0 radical (unpaired) electrons. The van der Waals surface area contributed by atoms with E-state index in [1.165, 1.54) is 17.7 Å². The van der Waals surface area contributed by atoms with Gasteiger partial charge in [0.05, 0.1) is 27.4 Å². The Hall–Kier alpha value is -3.07. The number of phenolic OH excluding ortho intramolecular Hbond substituents is 2. The zero-order chi connectivity index (χ0) is 54.2. The highest BCUT2D eigenvalue weighted by molar-refractivity contribution is 14.1. The van der Waals surface area contributed by atoms with Crippen molar-refractivity contribution in [3.63, 3.8) is 0 Å². The van der Waals surface area contributed by atoms with E-state index in [4.69, 9.17) is 0 Å². The van der Waals surface area contributed by atoms with E-state index in [9.17, 15) is 111 Å². The van der Waals surface area contributed by atoms with Gasteiger partial charge in [0, 0.05) is 45.2 Å². The van der Waals surface area contributed by atoms with Crippen LogP contribution in [0.2, 0.25) is 0 Å². The van der Waals surface area contributed by atoms with Gasteiger partial charge in [-0.05, 0) is 85.6 Å². The molecular formula is C37H28F16I2O11S4. The first-order chi connectivity index (χ1) is 31.5. The van der Waals surface area contributed by atoms with Crippen molar-refractivity contribution in [2.45, 2.75) is 70.3 Å². The van der Waals surface area contributed by atoms with Gasteiger partial charge in [0.1, 0.15) is 23.0 Å². The number of carbonyl (C=O) groups is 1. The van der Waals surface area contributed by atoms with Crippen molar-refractivity contribution in [1.29, 1.82) is 0 Å². The molecule has 70 heavy (non-hydrogen) atoms. The maximum atomic E-state index is 12.4. The number of phenols is 2. The number of aromatic hydroxyl groups is 2. The highest BCUT2D eigenvalue weighted by atomic mass is 127. The summed E-state index contributed by atoms with van der Waals surface area (Å²) in [5.41, 5.74) is 0.896. The minimum absolute atomic E-state index is 0.0381. The van der Waals surface area contributed by atoms with E-state index in [1.54, 1.807) is 24.3 Å². The predicted molar refractivity (Wildman–Crippen MR) is 231 cm³/mol. The average Bonchev–Trinajstić information content (AvgIpc) is 3.77. The topological polar surface area (TPSA) is 190 Å². The fourth-order valence-corrected chi connectivity index (χ4v) is 9.66. The number of alkyl halides is 18. The highest BCUT2D eigenvalue weighted by Crippen LogP contribution is 2.50. The first-order valence-electron chi connectivity index (χ1n) is 17.9. The Bertz CT molecular complexity index is 2410. The summed E-state index contributed by atoms with van der Waals surface area (Å²) in [4.78, 5) is 15.3. The minimum Gasteiger partial charge on any atom is -0.743 e. The summed E-state index contributed by atoms with van der Waals surface area (Å²) in [6.45, 7) is 0. The van der Waals surface area contributed by atoms with Gasteiger partial charge in [0.15, 0.2) is 34.9 Å². The maximum absolute atomic E-state index is 12.4. The van der Waals surface area contributed by atoms with Gasteiger partial charge in [-0.15, -0.1) is 0 Å². The summed E-state index contributed by atoms with van der Waals surface area (Å²) in [6, 6.07) is 34.5. The Morgan fingerprint density at radius 2 is 0.786 bits per heavy atom. The third-order valence-electron chi connectivity index (χ3n) is 7.91. The van der Waals surface area contributed by atoms with Crippen LogP contribution >= 0.6 is 45.2 Å². The van der Waals surface area contributed by atoms with E-state index in [-0.39, 0.29) is 33.3 Å². The number of hydrogen-bond acceptors (Lipinski definition) is 11. The quantitative estimate of drug-likeness (QED) is 0.0402. The summed E-state index contributed by atoms with van der Waals surface area (Å²) < 4.78 is 247. The molecule has 0 atom stereocenters. The third-order valence-corrected chi connectivity index (χ3v) is 15.4. The molecule has 392 valence electrons. The van der Waals surface area contributed by atoms with Crippen molar-refractivity contribution in [3.8, 4) is 11.5 Å². The van der Waals surface area contributed by atoms with Crippen LogP contribution in [0.1, 0.15) is 23.2 Å². The van der Waals surface area contributed by atoms with Crippen LogP contribution in [0.25, 0.3) is 0 Å². The number of benzene rings is 4. The van der Waals surface area contributed by atoms with Crippen LogP contribution in [0, 0.1) is 0 Å². The monoisotopic (exact) mass is 1330 g/mol. The van der Waals surface area contributed by atoms with E-state index in [2.05, 4.69) is 12.1 Å². The molecule has 1 aliphatic heterocycles. The lowest BCUT2D eigenvalue weighted by atomic mass is 10.2. The van der Waals surface area contributed by atoms with E-state index >= 15 is 0 Å². The fourth-order valence-electron chi connectivity index (χ4n) is 4.56. The molecule has 1 aliphatic rings. The van der Waals surface area contributed by atoms with Crippen LogP contribution < -0.4 is 0 Å². The molecular weight excluding hydrogens is 1310 g/mol. The molecule has 0 unspecified atom stereocenters. The van der Waals surface area contributed by atoms with Crippen LogP contribution in [0.3, 0.4) is 0 Å². The first-order valence-corrected chi connectivity index (χ1v) is 25.6. The molecule has 0 spiro atoms. The third kappa shape index (κ3) is 16.7. The van der Waals surface area contributed by atoms with Gasteiger partial charge in [-0.1, -0.05) is 36.4 Å². The highest BCUT2D eigenvalue weighted by Gasteiger charge is 2.72. The lowest BCUT2D eigenvalue weighted by Gasteiger charge is -2.31. The largest absolute Gasteiger partial charge is 0.743 e. The van der Waals surface area contributed by atoms with Gasteiger partial charge in [-0.25, -0.2) is 31.1 Å². The van der Waals surface area contributed by atoms with Crippen LogP contribution in [-0.2, 0) is 51.5 Å². The molecule has 0 bridgehead atoms. The standard InChI is InChI=1S/C18H14O2S.C11H13OS.2C4HF8IO4S/c19-14-6-10-17(11-7-14)21(16-4-2-1-3-5-16)18-12-8-15(20)9-13-18;12-11(13-8-4-5-9-13)10-6-2-1-3-7-10;2*5-1(6,13)2(7,8)17-3(9,10)4(11,12)18(14,15)16/h1-13H,(H-,19,20);1-3,6-7H,4-5,8-9H2;2*(H,14,15,16)/q;+1;;/p-1. The second-order valence-electron chi connectivity index (χ2n) is 13.1. The Kier molecular flexibility index (Phi) is 21.5. The molecule has 0 aromatic heterocycles. The molecule has 4 aromatic rings. The predicted octanol–water partition coefficient (Wildman–Crippen LogP) is 11.1. The van der Waals surface area contributed by atoms with Crippen molar-refractivity contribution < 1.29 is 121 Å². The first kappa shape index (κ1) is 63.0. The van der Waals surface area contributed by atoms with Crippen molar-refractivity contribution in [2.75, 3.05) is 11.5 Å².